The summed E-state index contributed by atoms with van der Waals surface area (Å²) < 4.78 is 10.4. The van der Waals surface area contributed by atoms with Crippen molar-refractivity contribution < 1.29 is 14.1 Å². The predicted molar refractivity (Wildman–Crippen MR) is 97.5 cm³/mol. The fraction of sp³-hybridized carbons (Fsp3) is 0.474. The zero-order valence-electron chi connectivity index (χ0n) is 15.4. The predicted octanol–water partition coefficient (Wildman–Crippen LogP) is 2.16. The number of urea groups is 1. The van der Waals surface area contributed by atoms with Gasteiger partial charge >= 0.3 is 6.03 Å². The summed E-state index contributed by atoms with van der Waals surface area (Å²) >= 11 is 0. The number of aromatic nitrogens is 1. The lowest BCUT2D eigenvalue weighted by Crippen LogP contribution is -2.37. The molecule has 1 N–H and O–H groups in total. The van der Waals surface area contributed by atoms with Crippen LogP contribution in [0.25, 0.3) is 0 Å². The fourth-order valence-electron chi connectivity index (χ4n) is 3.00. The minimum atomic E-state index is -0.133. The smallest absolute Gasteiger partial charge is 0.317 e. The number of nitrogens with one attached hydrogen (secondary N) is 1. The third kappa shape index (κ3) is 5.06. The van der Waals surface area contributed by atoms with Crippen molar-refractivity contribution in [3.05, 3.63) is 52.9 Å². The summed E-state index contributed by atoms with van der Waals surface area (Å²) in [6, 6.07) is 9.94. The molecule has 0 saturated carbocycles. The maximum absolute atomic E-state index is 12.4. The molecule has 140 valence electrons. The van der Waals surface area contributed by atoms with Gasteiger partial charge in [-0.1, -0.05) is 29.4 Å². The van der Waals surface area contributed by atoms with Gasteiger partial charge in [0.25, 0.3) is 0 Å². The highest BCUT2D eigenvalue weighted by molar-refractivity contribution is 5.73. The van der Waals surface area contributed by atoms with Crippen LogP contribution < -0.4 is 5.32 Å². The van der Waals surface area contributed by atoms with Crippen LogP contribution in [0.3, 0.4) is 0 Å². The third-order valence-corrected chi connectivity index (χ3v) is 4.47. The number of rotatable bonds is 6. The first kappa shape index (κ1) is 18.4. The highest BCUT2D eigenvalue weighted by atomic mass is 16.5. The molecule has 1 aliphatic heterocycles. The molecule has 0 bridgehead atoms. The van der Waals surface area contributed by atoms with E-state index in [0.717, 1.165) is 49.9 Å². The molecule has 1 aliphatic rings. The summed E-state index contributed by atoms with van der Waals surface area (Å²) in [5, 5.41) is 6.91. The molecule has 1 aromatic heterocycles. The van der Waals surface area contributed by atoms with E-state index in [-0.39, 0.29) is 6.03 Å². The molecule has 0 aliphatic carbocycles. The monoisotopic (exact) mass is 358 g/mol. The van der Waals surface area contributed by atoms with Crippen LogP contribution >= 0.6 is 0 Å². The third-order valence-electron chi connectivity index (χ3n) is 4.47. The minimum absolute atomic E-state index is 0.133. The molecule has 2 aromatic rings. The van der Waals surface area contributed by atoms with Gasteiger partial charge in [0.05, 0.1) is 19.8 Å². The van der Waals surface area contributed by atoms with E-state index in [1.807, 2.05) is 25.1 Å². The van der Waals surface area contributed by atoms with Crippen molar-refractivity contribution in [2.45, 2.75) is 26.6 Å². The number of carbonyl (C=O) groups is 1. The second kappa shape index (κ2) is 8.82. The minimum Gasteiger partial charge on any atom is -0.379 e. The van der Waals surface area contributed by atoms with E-state index >= 15 is 0 Å². The summed E-state index contributed by atoms with van der Waals surface area (Å²) in [6.07, 6.45) is 0. The van der Waals surface area contributed by atoms with Crippen molar-refractivity contribution >= 4 is 6.03 Å². The molecule has 7 heteroatoms. The lowest BCUT2D eigenvalue weighted by Gasteiger charge is -2.27. The molecule has 2 heterocycles. The van der Waals surface area contributed by atoms with Gasteiger partial charge < -0.3 is 19.5 Å². The number of hydrogen-bond acceptors (Lipinski definition) is 5. The van der Waals surface area contributed by atoms with E-state index < -0.39 is 0 Å². The molecule has 0 spiro atoms. The van der Waals surface area contributed by atoms with Crippen LogP contribution in [0.5, 0.6) is 0 Å². The Labute approximate surface area is 153 Å². The van der Waals surface area contributed by atoms with Crippen molar-refractivity contribution in [1.29, 1.82) is 0 Å². The molecule has 0 unspecified atom stereocenters. The van der Waals surface area contributed by atoms with Crippen LogP contribution in [0.15, 0.2) is 34.9 Å². The van der Waals surface area contributed by atoms with Gasteiger partial charge in [0.1, 0.15) is 11.5 Å². The molecule has 26 heavy (non-hydrogen) atoms. The van der Waals surface area contributed by atoms with Gasteiger partial charge in [0.15, 0.2) is 0 Å². The Kier molecular flexibility index (Phi) is 6.25. The van der Waals surface area contributed by atoms with E-state index in [0.29, 0.717) is 13.1 Å². The van der Waals surface area contributed by atoms with E-state index in [9.17, 15) is 4.79 Å². The second-order valence-electron chi connectivity index (χ2n) is 6.60. The van der Waals surface area contributed by atoms with Crippen molar-refractivity contribution in [2.24, 2.45) is 0 Å². The molecule has 0 radical (unpaired) electrons. The summed E-state index contributed by atoms with van der Waals surface area (Å²) in [4.78, 5) is 16.3. The quantitative estimate of drug-likeness (QED) is 0.857. The number of amides is 2. The number of ether oxygens (including phenoxy) is 1. The van der Waals surface area contributed by atoms with Gasteiger partial charge in [-0.3, -0.25) is 4.90 Å². The van der Waals surface area contributed by atoms with Crippen molar-refractivity contribution in [2.75, 3.05) is 33.4 Å². The average Bonchev–Trinajstić information content (AvgIpc) is 3.06. The number of nitrogens with zero attached hydrogens (tertiary/aromatic N) is 3. The summed E-state index contributed by atoms with van der Waals surface area (Å²) in [5.74, 6) is 0.742. The second-order valence-corrected chi connectivity index (χ2v) is 6.60. The van der Waals surface area contributed by atoms with Crippen LogP contribution in [-0.4, -0.2) is 54.3 Å². The van der Waals surface area contributed by atoms with E-state index in [2.05, 4.69) is 27.5 Å². The van der Waals surface area contributed by atoms with E-state index in [1.54, 1.807) is 11.9 Å². The zero-order chi connectivity index (χ0) is 18.4. The largest absolute Gasteiger partial charge is 0.379 e. The van der Waals surface area contributed by atoms with Gasteiger partial charge in [-0.05, 0) is 18.1 Å². The van der Waals surface area contributed by atoms with Gasteiger partial charge in [0.2, 0.25) is 0 Å². The molecule has 7 nitrogen and oxygen atoms in total. The lowest BCUT2D eigenvalue weighted by atomic mass is 10.1. The maximum atomic E-state index is 12.4. The van der Waals surface area contributed by atoms with Crippen LogP contribution in [0.4, 0.5) is 4.79 Å². The Morgan fingerprint density at radius 1 is 1.27 bits per heavy atom. The van der Waals surface area contributed by atoms with Crippen LogP contribution in [0.2, 0.25) is 0 Å². The van der Waals surface area contributed by atoms with Crippen LogP contribution in [0.1, 0.15) is 22.6 Å². The van der Waals surface area contributed by atoms with Gasteiger partial charge in [0, 0.05) is 39.3 Å². The maximum Gasteiger partial charge on any atom is 0.317 e. The van der Waals surface area contributed by atoms with Crippen LogP contribution in [0, 0.1) is 6.92 Å². The number of aryl methyl sites for hydroxylation is 1. The Morgan fingerprint density at radius 2 is 2.00 bits per heavy atom. The summed E-state index contributed by atoms with van der Waals surface area (Å²) in [7, 11) is 1.75. The fourth-order valence-corrected chi connectivity index (χ4v) is 3.00. The Bertz CT molecular complexity index is 725. The van der Waals surface area contributed by atoms with Crippen molar-refractivity contribution in [3.8, 4) is 0 Å². The first-order valence-electron chi connectivity index (χ1n) is 8.90. The van der Waals surface area contributed by atoms with Crippen molar-refractivity contribution in [3.63, 3.8) is 0 Å². The number of hydrogen-bond donors (Lipinski definition) is 1. The first-order valence-corrected chi connectivity index (χ1v) is 8.90. The molecular formula is C19H26N4O3. The molecule has 1 saturated heterocycles. The standard InChI is InChI=1S/C19H26N4O3/c1-15-11-18(21-26-15)14-22(2)19(24)20-12-16-5-3-4-6-17(16)13-23-7-9-25-10-8-23/h3-6,11H,7-10,12-14H2,1-2H3,(H,20,24). The highest BCUT2D eigenvalue weighted by Crippen LogP contribution is 2.13. The van der Waals surface area contributed by atoms with Crippen molar-refractivity contribution in [1.82, 2.24) is 20.3 Å². The summed E-state index contributed by atoms with van der Waals surface area (Å²) in [6.45, 7) is 7.09. The molecule has 3 rings (SSSR count). The van der Waals surface area contributed by atoms with E-state index in [1.165, 1.54) is 5.56 Å². The number of benzene rings is 1. The van der Waals surface area contributed by atoms with Crippen LogP contribution in [-0.2, 0) is 24.4 Å². The summed E-state index contributed by atoms with van der Waals surface area (Å²) in [5.41, 5.74) is 3.12. The highest BCUT2D eigenvalue weighted by Gasteiger charge is 2.14. The Morgan fingerprint density at radius 3 is 2.69 bits per heavy atom. The lowest BCUT2D eigenvalue weighted by molar-refractivity contribution is 0.0341. The zero-order valence-corrected chi connectivity index (χ0v) is 15.4. The molecule has 1 fully saturated rings. The topological polar surface area (TPSA) is 70.8 Å². The van der Waals surface area contributed by atoms with Gasteiger partial charge in [-0.2, -0.15) is 0 Å². The Balaban J connectivity index is 1.54. The van der Waals surface area contributed by atoms with Gasteiger partial charge in [-0.25, -0.2) is 4.79 Å². The van der Waals surface area contributed by atoms with E-state index in [4.69, 9.17) is 9.26 Å². The molecular weight excluding hydrogens is 332 g/mol. The number of carbonyl (C=O) groups excluding carboxylic acids is 1. The first-order chi connectivity index (χ1) is 12.6. The average molecular weight is 358 g/mol. The Hall–Kier alpha value is -2.38. The molecule has 2 amide bonds. The number of morpholine rings is 1. The molecule has 1 aromatic carbocycles. The normalized spacial score (nSPS) is 15.0. The SMILES string of the molecule is Cc1cc(CN(C)C(=O)NCc2ccccc2CN2CCOCC2)no1. The molecule has 0 atom stereocenters. The van der Waals surface area contributed by atoms with Gasteiger partial charge in [-0.15, -0.1) is 0 Å².